The predicted octanol–water partition coefficient (Wildman–Crippen LogP) is 7.46. The van der Waals surface area contributed by atoms with Crippen LogP contribution in [0.2, 0.25) is 0 Å². The molecule has 0 heterocycles. The van der Waals surface area contributed by atoms with Crippen molar-refractivity contribution in [3.8, 4) is 0 Å². The monoisotopic (exact) mass is 442 g/mol. The van der Waals surface area contributed by atoms with E-state index in [1.165, 1.54) is 16.0 Å². The molecule has 0 amide bonds. The maximum absolute atomic E-state index is 5.40. The lowest BCUT2D eigenvalue weighted by Gasteiger charge is -2.18. The first-order valence-corrected chi connectivity index (χ1v) is 11.2. The fourth-order valence-electron chi connectivity index (χ4n) is 2.36. The molecule has 0 spiro atoms. The summed E-state index contributed by atoms with van der Waals surface area (Å²) in [6.07, 6.45) is 3.17. The summed E-state index contributed by atoms with van der Waals surface area (Å²) in [7, 11) is 0. The first kappa shape index (κ1) is 28.3. The molecular formula is C26H38N2S2. The van der Waals surface area contributed by atoms with E-state index >= 15 is 0 Å². The van der Waals surface area contributed by atoms with E-state index in [0.29, 0.717) is 12.0 Å². The second-order valence-corrected chi connectivity index (χ2v) is 10.1. The van der Waals surface area contributed by atoms with Crippen molar-refractivity contribution in [1.82, 2.24) is 0 Å². The summed E-state index contributed by atoms with van der Waals surface area (Å²) in [6, 6.07) is 20.5. The molecule has 0 saturated heterocycles. The Morgan fingerprint density at radius 2 is 1.33 bits per heavy atom. The van der Waals surface area contributed by atoms with Crippen molar-refractivity contribution in [3.63, 3.8) is 0 Å². The molecule has 2 nitrogen and oxygen atoms in total. The molecule has 0 bridgehead atoms. The lowest BCUT2D eigenvalue weighted by molar-refractivity contribution is 0.433. The lowest BCUT2D eigenvalue weighted by atomic mass is 9.89. The number of hydrogen-bond acceptors (Lipinski definition) is 4. The molecule has 0 fully saturated rings. The van der Waals surface area contributed by atoms with Gasteiger partial charge in [-0.05, 0) is 73.7 Å². The van der Waals surface area contributed by atoms with Gasteiger partial charge in [-0.3, -0.25) is 0 Å². The highest BCUT2D eigenvalue weighted by Gasteiger charge is 2.12. The molecule has 0 unspecified atom stereocenters. The van der Waals surface area contributed by atoms with Crippen LogP contribution in [0.1, 0.15) is 65.5 Å². The van der Waals surface area contributed by atoms with Gasteiger partial charge in [0.1, 0.15) is 0 Å². The molecule has 30 heavy (non-hydrogen) atoms. The number of thiocarbonyl (C=S) groups is 2. The summed E-state index contributed by atoms with van der Waals surface area (Å²) < 4.78 is 0. The van der Waals surface area contributed by atoms with Crippen molar-refractivity contribution in [2.45, 2.75) is 72.9 Å². The fraction of sp³-hybridized carbons (Fsp3) is 0.462. The van der Waals surface area contributed by atoms with Gasteiger partial charge in [0.05, 0.1) is 10.7 Å². The topological polar surface area (TPSA) is 38.4 Å². The van der Waals surface area contributed by atoms with E-state index in [1.807, 2.05) is 51.1 Å². The van der Waals surface area contributed by atoms with Crippen LogP contribution in [-0.4, -0.2) is 15.6 Å². The largest absolute Gasteiger partial charge is 0.326 e. The van der Waals surface area contributed by atoms with Gasteiger partial charge in [-0.15, -0.1) is 0 Å². The number of aliphatic imine (C=N–C) groups is 1. The van der Waals surface area contributed by atoms with Gasteiger partial charge >= 0.3 is 0 Å². The quantitative estimate of drug-likeness (QED) is 0.386. The fourth-order valence-corrected chi connectivity index (χ4v) is 3.17. The molecule has 0 atom stereocenters. The Bertz CT molecular complexity index is 751. The van der Waals surface area contributed by atoms with Crippen molar-refractivity contribution in [1.29, 1.82) is 0 Å². The molecule has 0 aliphatic rings. The Morgan fingerprint density at radius 3 is 1.63 bits per heavy atom. The molecule has 0 radical (unpaired) electrons. The number of aryl methyl sites for hydroxylation is 1. The average Bonchev–Trinajstić information content (AvgIpc) is 2.67. The van der Waals surface area contributed by atoms with Gasteiger partial charge in [0.25, 0.3) is 0 Å². The molecule has 2 N–H and O–H groups in total. The van der Waals surface area contributed by atoms with Crippen LogP contribution in [0.3, 0.4) is 0 Å². The SMILES string of the molecule is CC(C)(C)CC(=S)CCc1ccccc1.CC(C)(C)N=C=S.NCc1ccccc1. The van der Waals surface area contributed by atoms with Crippen LogP contribution in [0.25, 0.3) is 0 Å². The van der Waals surface area contributed by atoms with Crippen molar-refractivity contribution < 1.29 is 0 Å². The van der Waals surface area contributed by atoms with E-state index in [4.69, 9.17) is 18.0 Å². The summed E-state index contributed by atoms with van der Waals surface area (Å²) in [5.41, 5.74) is 8.21. The maximum atomic E-state index is 5.40. The van der Waals surface area contributed by atoms with Crippen LogP contribution in [0.15, 0.2) is 65.7 Å². The van der Waals surface area contributed by atoms with Crippen LogP contribution in [0.5, 0.6) is 0 Å². The Kier molecular flexibility index (Phi) is 14.3. The van der Waals surface area contributed by atoms with Gasteiger partial charge in [-0.2, -0.15) is 0 Å². The smallest absolute Gasteiger partial charge is 0.0627 e. The van der Waals surface area contributed by atoms with Crippen LogP contribution in [0.4, 0.5) is 0 Å². The maximum Gasteiger partial charge on any atom is 0.0627 e. The van der Waals surface area contributed by atoms with E-state index in [-0.39, 0.29) is 5.54 Å². The Hall–Kier alpha value is -1.71. The third-order valence-electron chi connectivity index (χ3n) is 3.72. The second-order valence-electron chi connectivity index (χ2n) is 9.33. The van der Waals surface area contributed by atoms with E-state index < -0.39 is 0 Å². The Balaban J connectivity index is 0.000000471. The minimum Gasteiger partial charge on any atom is -0.326 e. The minimum absolute atomic E-state index is 0.0399. The number of benzene rings is 2. The van der Waals surface area contributed by atoms with Crippen molar-refractivity contribution >= 4 is 34.5 Å². The van der Waals surface area contributed by atoms with Gasteiger partial charge in [0.15, 0.2) is 0 Å². The van der Waals surface area contributed by atoms with Crippen molar-refractivity contribution in [2.75, 3.05) is 0 Å². The van der Waals surface area contributed by atoms with Gasteiger partial charge < -0.3 is 5.73 Å². The second kappa shape index (κ2) is 15.1. The van der Waals surface area contributed by atoms with Gasteiger partial charge in [-0.1, -0.05) is 93.7 Å². The molecular weight excluding hydrogens is 404 g/mol. The molecule has 2 aromatic carbocycles. The standard InChI is InChI=1S/C14H20S.C7H9N.C5H9NS/c1-14(2,3)11-13(15)10-9-12-7-5-4-6-8-12;8-6-7-4-2-1-3-5-7;1-5(2,3)6-4-7/h4-8H,9-11H2,1-3H3;1-5H,6,8H2;1-3H3. The number of isothiocyanates is 1. The summed E-state index contributed by atoms with van der Waals surface area (Å²) >= 11 is 9.78. The third-order valence-corrected chi connectivity index (χ3v) is 4.16. The van der Waals surface area contributed by atoms with Gasteiger partial charge in [0.2, 0.25) is 0 Å². The van der Waals surface area contributed by atoms with E-state index in [2.05, 4.69) is 73.5 Å². The third kappa shape index (κ3) is 18.3. The van der Waals surface area contributed by atoms with E-state index in [1.54, 1.807) is 0 Å². The molecule has 0 aliphatic carbocycles. The first-order chi connectivity index (χ1) is 14.0. The summed E-state index contributed by atoms with van der Waals surface area (Å²) in [4.78, 5) is 5.02. The first-order valence-electron chi connectivity index (χ1n) is 10.4. The Morgan fingerprint density at radius 1 is 0.867 bits per heavy atom. The molecule has 2 aromatic rings. The number of hydrogen-bond donors (Lipinski definition) is 1. The molecule has 0 aromatic heterocycles. The highest BCUT2D eigenvalue weighted by atomic mass is 32.1. The van der Waals surface area contributed by atoms with Crippen LogP contribution >= 0.6 is 24.4 Å². The van der Waals surface area contributed by atoms with E-state index in [9.17, 15) is 0 Å². The highest BCUT2D eigenvalue weighted by Crippen LogP contribution is 2.21. The van der Waals surface area contributed by atoms with Crippen molar-refractivity contribution in [3.05, 3.63) is 71.8 Å². The molecule has 0 saturated carbocycles. The predicted molar refractivity (Wildman–Crippen MR) is 141 cm³/mol. The number of rotatable bonds is 5. The van der Waals surface area contributed by atoms with Crippen molar-refractivity contribution in [2.24, 2.45) is 16.1 Å². The normalized spacial score (nSPS) is 10.5. The zero-order chi connectivity index (χ0) is 23.0. The van der Waals surface area contributed by atoms with Crippen LogP contribution in [-0.2, 0) is 13.0 Å². The van der Waals surface area contributed by atoms with E-state index in [0.717, 1.165) is 19.3 Å². The summed E-state index contributed by atoms with van der Waals surface area (Å²) in [6.45, 7) is 13.3. The Labute approximate surface area is 195 Å². The zero-order valence-electron chi connectivity index (χ0n) is 19.4. The lowest BCUT2D eigenvalue weighted by Crippen LogP contribution is -2.11. The van der Waals surface area contributed by atoms with Gasteiger partial charge in [-0.25, -0.2) is 4.99 Å². The number of nitrogens with zero attached hydrogens (tertiary/aromatic N) is 1. The highest BCUT2D eigenvalue weighted by molar-refractivity contribution is 7.80. The molecule has 0 aliphatic heterocycles. The van der Waals surface area contributed by atoms with Gasteiger partial charge in [0, 0.05) is 6.54 Å². The zero-order valence-corrected chi connectivity index (χ0v) is 21.1. The summed E-state index contributed by atoms with van der Waals surface area (Å²) in [5, 5.41) is 2.32. The minimum atomic E-state index is -0.0399. The molecule has 164 valence electrons. The average molecular weight is 443 g/mol. The summed E-state index contributed by atoms with van der Waals surface area (Å²) in [5.74, 6) is 0. The molecule has 2 rings (SSSR count). The number of nitrogens with two attached hydrogens (primary N) is 1. The van der Waals surface area contributed by atoms with Crippen LogP contribution < -0.4 is 5.73 Å². The molecule has 4 heteroatoms. The van der Waals surface area contributed by atoms with Crippen LogP contribution in [0, 0.1) is 5.41 Å².